The molecule has 2 N–H and O–H groups in total. The first-order valence-corrected chi connectivity index (χ1v) is 8.20. The van der Waals surface area contributed by atoms with Crippen molar-refractivity contribution in [2.45, 2.75) is 52.4 Å². The highest BCUT2D eigenvalue weighted by Crippen LogP contribution is 2.30. The minimum atomic E-state index is 0.292. The van der Waals surface area contributed by atoms with Crippen molar-refractivity contribution >= 4 is 0 Å². The molecule has 0 amide bonds. The molecule has 0 unspecified atom stereocenters. The third-order valence-corrected chi connectivity index (χ3v) is 4.28. The molecular formula is C20H26O2. The number of phenols is 2. The van der Waals surface area contributed by atoms with Crippen LogP contribution in [0.4, 0.5) is 0 Å². The first-order chi connectivity index (χ1) is 10.6. The van der Waals surface area contributed by atoms with Crippen molar-refractivity contribution in [1.82, 2.24) is 0 Å². The summed E-state index contributed by atoms with van der Waals surface area (Å²) in [5.74, 6) is 0.625. The van der Waals surface area contributed by atoms with E-state index in [0.29, 0.717) is 17.9 Å². The number of aryl methyl sites for hydroxylation is 1. The van der Waals surface area contributed by atoms with Crippen molar-refractivity contribution in [2.24, 2.45) is 0 Å². The van der Waals surface area contributed by atoms with Crippen molar-refractivity contribution in [1.29, 1.82) is 0 Å². The van der Waals surface area contributed by atoms with Gasteiger partial charge in [0.1, 0.15) is 11.5 Å². The molecule has 0 aliphatic carbocycles. The molecule has 22 heavy (non-hydrogen) atoms. The second-order valence-electron chi connectivity index (χ2n) is 5.97. The molecule has 0 atom stereocenters. The molecule has 2 heteroatoms. The fraction of sp³-hybridized carbons (Fsp3) is 0.400. The third kappa shape index (κ3) is 4.03. The van der Waals surface area contributed by atoms with Gasteiger partial charge in [-0.3, -0.25) is 0 Å². The Morgan fingerprint density at radius 2 is 1.59 bits per heavy atom. The van der Waals surface area contributed by atoms with Gasteiger partial charge in [-0.2, -0.15) is 0 Å². The highest BCUT2D eigenvalue weighted by atomic mass is 16.3. The largest absolute Gasteiger partial charge is 0.508 e. The molecule has 2 rings (SSSR count). The van der Waals surface area contributed by atoms with Gasteiger partial charge in [0.05, 0.1) is 0 Å². The minimum absolute atomic E-state index is 0.292. The molecular weight excluding hydrogens is 272 g/mol. The van der Waals surface area contributed by atoms with E-state index in [9.17, 15) is 10.2 Å². The summed E-state index contributed by atoms with van der Waals surface area (Å²) in [5.41, 5.74) is 4.27. The predicted molar refractivity (Wildman–Crippen MR) is 91.6 cm³/mol. The Morgan fingerprint density at radius 3 is 2.32 bits per heavy atom. The molecule has 118 valence electrons. The van der Waals surface area contributed by atoms with Crippen LogP contribution in [0.15, 0.2) is 36.4 Å². The maximum absolute atomic E-state index is 10.3. The second kappa shape index (κ2) is 7.88. The Balaban J connectivity index is 2.25. The van der Waals surface area contributed by atoms with Crippen molar-refractivity contribution in [3.63, 3.8) is 0 Å². The lowest BCUT2D eigenvalue weighted by Crippen LogP contribution is -2.00. The third-order valence-electron chi connectivity index (χ3n) is 4.28. The number of phenolic OH excluding ortho intramolecular Hbond substituents is 2. The summed E-state index contributed by atoms with van der Waals surface area (Å²) < 4.78 is 0. The van der Waals surface area contributed by atoms with Gasteiger partial charge >= 0.3 is 0 Å². The Hall–Kier alpha value is -1.96. The van der Waals surface area contributed by atoms with E-state index >= 15 is 0 Å². The zero-order valence-corrected chi connectivity index (χ0v) is 13.6. The molecule has 0 aliphatic rings. The number of hydrogen-bond acceptors (Lipinski definition) is 2. The summed E-state index contributed by atoms with van der Waals surface area (Å²) in [4.78, 5) is 0. The summed E-state index contributed by atoms with van der Waals surface area (Å²) in [7, 11) is 0. The number of hydrogen-bond donors (Lipinski definition) is 2. The Kier molecular flexibility index (Phi) is 5.88. The van der Waals surface area contributed by atoms with Gasteiger partial charge in [-0.1, -0.05) is 50.5 Å². The monoisotopic (exact) mass is 298 g/mol. The molecule has 2 nitrogen and oxygen atoms in total. The molecule has 2 aromatic carbocycles. The van der Waals surface area contributed by atoms with Crippen LogP contribution in [0.25, 0.3) is 0 Å². The van der Waals surface area contributed by atoms with Crippen molar-refractivity contribution in [2.75, 3.05) is 0 Å². The number of benzene rings is 2. The molecule has 0 spiro atoms. The van der Waals surface area contributed by atoms with E-state index < -0.39 is 0 Å². The van der Waals surface area contributed by atoms with Gasteiger partial charge in [0.15, 0.2) is 0 Å². The van der Waals surface area contributed by atoms with Gasteiger partial charge in [0, 0.05) is 12.0 Å². The molecule has 2 aromatic rings. The maximum atomic E-state index is 10.3. The molecule has 0 saturated carbocycles. The molecule has 0 fully saturated rings. The van der Waals surface area contributed by atoms with Crippen LogP contribution in [0.2, 0.25) is 0 Å². The maximum Gasteiger partial charge on any atom is 0.119 e. The molecule has 0 aromatic heterocycles. The summed E-state index contributed by atoms with van der Waals surface area (Å²) in [6.45, 7) is 4.31. The number of unbranched alkanes of at least 4 members (excludes halogenated alkanes) is 3. The van der Waals surface area contributed by atoms with Crippen molar-refractivity contribution in [3.05, 3.63) is 58.7 Å². The van der Waals surface area contributed by atoms with Crippen LogP contribution in [-0.4, -0.2) is 10.2 Å². The van der Waals surface area contributed by atoms with Crippen molar-refractivity contribution in [3.8, 4) is 11.5 Å². The average Bonchev–Trinajstić information content (AvgIpc) is 2.51. The normalized spacial score (nSPS) is 10.8. The molecule has 0 aliphatic heterocycles. The highest BCUT2D eigenvalue weighted by Gasteiger charge is 2.13. The summed E-state index contributed by atoms with van der Waals surface area (Å²) in [6, 6.07) is 11.1. The second-order valence-corrected chi connectivity index (χ2v) is 5.97. The first kappa shape index (κ1) is 16.4. The lowest BCUT2D eigenvalue weighted by atomic mass is 9.91. The average molecular weight is 298 g/mol. The Bertz CT molecular complexity index is 617. The van der Waals surface area contributed by atoms with Crippen LogP contribution in [0.5, 0.6) is 11.5 Å². The van der Waals surface area contributed by atoms with Gasteiger partial charge in [-0.25, -0.2) is 0 Å². The van der Waals surface area contributed by atoms with Gasteiger partial charge in [0.25, 0.3) is 0 Å². The topological polar surface area (TPSA) is 40.5 Å². The van der Waals surface area contributed by atoms with E-state index in [0.717, 1.165) is 24.0 Å². The standard InChI is InChI=1S/C20H26O2/c1-3-4-5-6-10-17-15(2)12-13-20(22)18(17)14-16-9-7-8-11-19(16)21/h7-9,11-13,21-22H,3-6,10,14H2,1-2H3. The SMILES string of the molecule is CCCCCCc1c(C)ccc(O)c1Cc1ccccc1O. The van der Waals surface area contributed by atoms with Crippen LogP contribution in [0.3, 0.4) is 0 Å². The van der Waals surface area contributed by atoms with E-state index in [1.807, 2.05) is 24.3 Å². The highest BCUT2D eigenvalue weighted by molar-refractivity contribution is 5.48. The molecule has 0 heterocycles. The fourth-order valence-electron chi connectivity index (χ4n) is 2.92. The van der Waals surface area contributed by atoms with Gasteiger partial charge in [0.2, 0.25) is 0 Å². The molecule has 0 saturated heterocycles. The minimum Gasteiger partial charge on any atom is -0.508 e. The van der Waals surface area contributed by atoms with E-state index in [-0.39, 0.29) is 0 Å². The van der Waals surface area contributed by atoms with Crippen LogP contribution in [0, 0.1) is 6.92 Å². The van der Waals surface area contributed by atoms with E-state index in [1.165, 1.54) is 30.4 Å². The smallest absolute Gasteiger partial charge is 0.119 e. The number of rotatable bonds is 7. The van der Waals surface area contributed by atoms with Crippen LogP contribution in [0.1, 0.15) is 54.9 Å². The van der Waals surface area contributed by atoms with Gasteiger partial charge < -0.3 is 10.2 Å². The van der Waals surface area contributed by atoms with E-state index in [4.69, 9.17) is 0 Å². The number of para-hydroxylation sites is 1. The molecule has 0 bridgehead atoms. The van der Waals surface area contributed by atoms with E-state index in [1.54, 1.807) is 12.1 Å². The summed E-state index contributed by atoms with van der Waals surface area (Å²) in [6.07, 6.45) is 6.41. The summed E-state index contributed by atoms with van der Waals surface area (Å²) >= 11 is 0. The zero-order chi connectivity index (χ0) is 15.9. The Labute approximate surface area is 133 Å². The first-order valence-electron chi connectivity index (χ1n) is 8.20. The van der Waals surface area contributed by atoms with Gasteiger partial charge in [-0.05, 0) is 48.6 Å². The quantitative estimate of drug-likeness (QED) is 0.696. The van der Waals surface area contributed by atoms with Crippen LogP contribution < -0.4 is 0 Å². The predicted octanol–water partition coefficient (Wildman–Crippen LogP) is 5.12. The van der Waals surface area contributed by atoms with Gasteiger partial charge in [-0.15, -0.1) is 0 Å². The molecule has 0 radical (unpaired) electrons. The van der Waals surface area contributed by atoms with Crippen LogP contribution >= 0.6 is 0 Å². The zero-order valence-electron chi connectivity index (χ0n) is 13.6. The summed E-state index contributed by atoms with van der Waals surface area (Å²) in [5, 5.41) is 20.3. The lowest BCUT2D eigenvalue weighted by Gasteiger charge is -2.15. The lowest BCUT2D eigenvalue weighted by molar-refractivity contribution is 0.461. The fourth-order valence-corrected chi connectivity index (χ4v) is 2.92. The Morgan fingerprint density at radius 1 is 0.818 bits per heavy atom. The van der Waals surface area contributed by atoms with Crippen molar-refractivity contribution < 1.29 is 10.2 Å². The number of aromatic hydroxyl groups is 2. The van der Waals surface area contributed by atoms with Crippen LogP contribution in [-0.2, 0) is 12.8 Å². The van der Waals surface area contributed by atoms with E-state index in [2.05, 4.69) is 13.8 Å².